The molecule has 2 rings (SSSR count). The van der Waals surface area contributed by atoms with Crippen LogP contribution in [0.25, 0.3) is 11.4 Å². The van der Waals surface area contributed by atoms with E-state index in [-0.39, 0.29) is 5.82 Å². The molecule has 0 unspecified atom stereocenters. The molecule has 0 amide bonds. The number of thioether (sulfide) groups is 1. The van der Waals surface area contributed by atoms with Gasteiger partial charge in [0.2, 0.25) is 0 Å². The van der Waals surface area contributed by atoms with E-state index in [2.05, 4.69) is 9.97 Å². The lowest BCUT2D eigenvalue weighted by Crippen LogP contribution is -1.98. The average Bonchev–Trinajstić information content (AvgIpc) is 2.39. The first-order chi connectivity index (χ1) is 8.24. The van der Waals surface area contributed by atoms with Crippen LogP contribution in [0, 0.1) is 11.3 Å². The van der Waals surface area contributed by atoms with Gasteiger partial charge in [0, 0.05) is 10.5 Å². The van der Waals surface area contributed by atoms with Gasteiger partial charge in [-0.3, -0.25) is 0 Å². The molecule has 0 saturated heterocycles. The zero-order valence-electron chi connectivity index (χ0n) is 9.21. The van der Waals surface area contributed by atoms with Crippen LogP contribution in [-0.2, 0) is 0 Å². The van der Waals surface area contributed by atoms with Gasteiger partial charge in [-0.2, -0.15) is 5.26 Å². The number of nitrogens with zero attached hydrogens (tertiary/aromatic N) is 3. The molecule has 4 nitrogen and oxygen atoms in total. The summed E-state index contributed by atoms with van der Waals surface area (Å²) in [6.45, 7) is 0. The number of benzene rings is 1. The Kier molecular flexibility index (Phi) is 3.26. The average molecular weight is 242 g/mol. The molecule has 5 heteroatoms. The Morgan fingerprint density at radius 1 is 1.29 bits per heavy atom. The molecule has 1 heterocycles. The van der Waals surface area contributed by atoms with Crippen LogP contribution < -0.4 is 5.73 Å². The van der Waals surface area contributed by atoms with E-state index in [1.165, 1.54) is 11.1 Å². The van der Waals surface area contributed by atoms with Crippen LogP contribution in [0.4, 0.5) is 5.82 Å². The summed E-state index contributed by atoms with van der Waals surface area (Å²) in [5.41, 5.74) is 6.84. The Balaban J connectivity index is 2.40. The number of hydrogen-bond acceptors (Lipinski definition) is 5. The number of rotatable bonds is 2. The zero-order chi connectivity index (χ0) is 12.3. The Hall–Kier alpha value is -2.06. The maximum Gasteiger partial charge on any atom is 0.161 e. The van der Waals surface area contributed by atoms with Gasteiger partial charge in [-0.25, -0.2) is 9.97 Å². The predicted octanol–water partition coefficient (Wildman–Crippen LogP) is 2.32. The van der Waals surface area contributed by atoms with Crippen molar-refractivity contribution < 1.29 is 0 Å². The summed E-state index contributed by atoms with van der Waals surface area (Å²) in [5, 5.41) is 8.74. The molecular weight excluding hydrogens is 232 g/mol. The lowest BCUT2D eigenvalue weighted by molar-refractivity contribution is 1.17. The highest BCUT2D eigenvalue weighted by atomic mass is 32.2. The van der Waals surface area contributed by atoms with Gasteiger partial charge in [0.25, 0.3) is 0 Å². The van der Waals surface area contributed by atoms with Gasteiger partial charge in [0.15, 0.2) is 5.82 Å². The summed E-state index contributed by atoms with van der Waals surface area (Å²) in [5.74, 6) is 0.751. The third-order valence-corrected chi connectivity index (χ3v) is 3.03. The topological polar surface area (TPSA) is 75.6 Å². The molecule has 2 N–H and O–H groups in total. The van der Waals surface area contributed by atoms with Crippen molar-refractivity contribution in [3.8, 4) is 17.5 Å². The summed E-state index contributed by atoms with van der Waals surface area (Å²) < 4.78 is 0. The summed E-state index contributed by atoms with van der Waals surface area (Å²) in [4.78, 5) is 9.40. The minimum Gasteiger partial charge on any atom is -0.382 e. The fraction of sp³-hybridized carbons (Fsp3) is 0.0833. The van der Waals surface area contributed by atoms with E-state index < -0.39 is 0 Å². The minimum atomic E-state index is 0.214. The summed E-state index contributed by atoms with van der Waals surface area (Å²) in [7, 11) is 0. The van der Waals surface area contributed by atoms with Crippen LogP contribution >= 0.6 is 11.8 Å². The molecule has 84 valence electrons. The second-order valence-corrected chi connectivity index (χ2v) is 4.21. The highest BCUT2D eigenvalue weighted by molar-refractivity contribution is 7.98. The highest BCUT2D eigenvalue weighted by Crippen LogP contribution is 2.21. The van der Waals surface area contributed by atoms with Gasteiger partial charge in [0.1, 0.15) is 17.5 Å². The molecule has 0 bridgehead atoms. The van der Waals surface area contributed by atoms with Crippen molar-refractivity contribution in [2.45, 2.75) is 4.90 Å². The molecule has 0 radical (unpaired) electrons. The summed E-state index contributed by atoms with van der Waals surface area (Å²) in [6, 6.07) is 9.81. The monoisotopic (exact) mass is 242 g/mol. The Morgan fingerprint density at radius 2 is 2.00 bits per heavy atom. The Morgan fingerprint density at radius 3 is 2.53 bits per heavy atom. The lowest BCUT2D eigenvalue weighted by atomic mass is 10.2. The number of nitriles is 1. The molecule has 0 aliphatic heterocycles. The molecule has 17 heavy (non-hydrogen) atoms. The van der Waals surface area contributed by atoms with Gasteiger partial charge in [-0.1, -0.05) is 12.1 Å². The second-order valence-electron chi connectivity index (χ2n) is 3.33. The van der Waals surface area contributed by atoms with Crippen LogP contribution in [0.2, 0.25) is 0 Å². The first-order valence-corrected chi connectivity index (χ1v) is 6.14. The third kappa shape index (κ3) is 2.37. The van der Waals surface area contributed by atoms with Gasteiger partial charge in [0.05, 0.1) is 6.20 Å². The number of nitrogens with two attached hydrogens (primary N) is 1. The number of aromatic nitrogens is 2. The molecule has 0 aliphatic carbocycles. The van der Waals surface area contributed by atoms with Crippen molar-refractivity contribution >= 4 is 17.6 Å². The van der Waals surface area contributed by atoms with Gasteiger partial charge in [-0.05, 0) is 18.4 Å². The van der Waals surface area contributed by atoms with Crippen LogP contribution in [-0.4, -0.2) is 16.2 Å². The van der Waals surface area contributed by atoms with Crippen molar-refractivity contribution in [2.24, 2.45) is 0 Å². The van der Waals surface area contributed by atoms with Gasteiger partial charge < -0.3 is 5.73 Å². The number of anilines is 1. The van der Waals surface area contributed by atoms with Crippen molar-refractivity contribution in [1.29, 1.82) is 5.26 Å². The summed E-state index contributed by atoms with van der Waals surface area (Å²) in [6.07, 6.45) is 3.46. The van der Waals surface area contributed by atoms with Crippen LogP contribution in [0.1, 0.15) is 5.56 Å². The summed E-state index contributed by atoms with van der Waals surface area (Å²) >= 11 is 1.67. The third-order valence-electron chi connectivity index (χ3n) is 2.29. The minimum absolute atomic E-state index is 0.214. The molecule has 2 aromatic rings. The van der Waals surface area contributed by atoms with E-state index in [0.29, 0.717) is 11.4 Å². The van der Waals surface area contributed by atoms with E-state index in [4.69, 9.17) is 11.0 Å². The molecule has 0 saturated carbocycles. The molecular formula is C12H10N4S. The molecule has 0 spiro atoms. The first-order valence-electron chi connectivity index (χ1n) is 4.91. The number of hydrogen-bond donors (Lipinski definition) is 1. The molecule has 0 aliphatic rings. The molecule has 1 aromatic carbocycles. The molecule has 1 aromatic heterocycles. The van der Waals surface area contributed by atoms with Crippen molar-refractivity contribution in [2.75, 3.05) is 12.0 Å². The fourth-order valence-corrected chi connectivity index (χ4v) is 1.77. The smallest absolute Gasteiger partial charge is 0.161 e. The van der Waals surface area contributed by atoms with Gasteiger partial charge >= 0.3 is 0 Å². The van der Waals surface area contributed by atoms with Crippen LogP contribution in [0.3, 0.4) is 0 Å². The van der Waals surface area contributed by atoms with Crippen molar-refractivity contribution in [3.63, 3.8) is 0 Å². The molecule has 0 atom stereocenters. The largest absolute Gasteiger partial charge is 0.382 e. The van der Waals surface area contributed by atoms with E-state index in [9.17, 15) is 0 Å². The standard InChI is InChI=1S/C12H10N4S/c1-17-10-4-2-8(3-5-10)12-15-7-9(6-13)11(14)16-12/h2-5,7H,1H3,(H2,14,15,16). The fourth-order valence-electron chi connectivity index (χ4n) is 1.36. The second kappa shape index (κ2) is 4.85. The maximum atomic E-state index is 8.74. The predicted molar refractivity (Wildman–Crippen MR) is 68.4 cm³/mol. The first kappa shape index (κ1) is 11.4. The van der Waals surface area contributed by atoms with Crippen molar-refractivity contribution in [3.05, 3.63) is 36.0 Å². The zero-order valence-corrected chi connectivity index (χ0v) is 10.0. The molecule has 0 fully saturated rings. The van der Waals surface area contributed by atoms with E-state index in [1.807, 2.05) is 36.6 Å². The van der Waals surface area contributed by atoms with E-state index in [0.717, 1.165) is 5.56 Å². The van der Waals surface area contributed by atoms with Crippen LogP contribution in [0.15, 0.2) is 35.4 Å². The SMILES string of the molecule is CSc1ccc(-c2ncc(C#N)c(N)n2)cc1. The van der Waals surface area contributed by atoms with Crippen LogP contribution in [0.5, 0.6) is 0 Å². The quantitative estimate of drug-likeness (QED) is 0.818. The normalized spacial score (nSPS) is 9.88. The van der Waals surface area contributed by atoms with Gasteiger partial charge in [-0.15, -0.1) is 11.8 Å². The maximum absolute atomic E-state index is 8.74. The van der Waals surface area contributed by atoms with E-state index in [1.54, 1.807) is 11.8 Å². The Bertz CT molecular complexity index is 572. The van der Waals surface area contributed by atoms with E-state index >= 15 is 0 Å². The van der Waals surface area contributed by atoms with Crippen molar-refractivity contribution in [1.82, 2.24) is 9.97 Å². The Labute approximate surface area is 104 Å². The highest BCUT2D eigenvalue weighted by Gasteiger charge is 2.05. The lowest BCUT2D eigenvalue weighted by Gasteiger charge is -2.03. The number of nitrogen functional groups attached to an aromatic ring is 1.